The van der Waals surface area contributed by atoms with Gasteiger partial charge >= 0.3 is 5.82 Å². The van der Waals surface area contributed by atoms with Crippen molar-refractivity contribution in [3.63, 3.8) is 0 Å². The van der Waals surface area contributed by atoms with Crippen molar-refractivity contribution in [2.24, 2.45) is 0 Å². The molecule has 1 fully saturated rings. The Morgan fingerprint density at radius 1 is 1.17 bits per heavy atom. The van der Waals surface area contributed by atoms with Crippen LogP contribution in [0.25, 0.3) is 0 Å². The van der Waals surface area contributed by atoms with Gasteiger partial charge in [-0.2, -0.15) is 0 Å². The molecule has 150 valence electrons. The third-order valence-corrected chi connectivity index (χ3v) is 5.36. The van der Waals surface area contributed by atoms with Crippen LogP contribution in [0, 0.1) is 10.1 Å². The highest BCUT2D eigenvalue weighted by Gasteiger charge is 2.39. The van der Waals surface area contributed by atoms with E-state index in [-0.39, 0.29) is 30.6 Å². The maximum atomic E-state index is 12.9. The maximum Gasteiger partial charge on any atom is 0.381 e. The fourth-order valence-electron chi connectivity index (χ4n) is 3.85. The first kappa shape index (κ1) is 17.5. The molecule has 1 aromatic heterocycles. The van der Waals surface area contributed by atoms with Crippen LogP contribution in [0.3, 0.4) is 0 Å². The van der Waals surface area contributed by atoms with Gasteiger partial charge < -0.3 is 34.0 Å². The zero-order chi connectivity index (χ0) is 20.1. The summed E-state index contributed by atoms with van der Waals surface area (Å²) in [6.45, 7) is 1.32. The Morgan fingerprint density at radius 3 is 2.76 bits per heavy atom. The van der Waals surface area contributed by atoms with Crippen LogP contribution >= 0.6 is 0 Å². The molecule has 0 bridgehead atoms. The van der Waals surface area contributed by atoms with Crippen molar-refractivity contribution in [2.45, 2.75) is 25.6 Å². The van der Waals surface area contributed by atoms with Crippen LogP contribution in [0.4, 0.5) is 5.82 Å². The Labute approximate surface area is 164 Å². The first-order valence-corrected chi connectivity index (χ1v) is 9.25. The minimum atomic E-state index is -0.572. The van der Waals surface area contributed by atoms with Gasteiger partial charge in [0.25, 0.3) is 11.8 Å². The molecule has 0 radical (unpaired) electrons. The van der Waals surface area contributed by atoms with E-state index < -0.39 is 4.92 Å². The van der Waals surface area contributed by atoms with Gasteiger partial charge in [0.05, 0.1) is 11.1 Å². The molecule has 3 aliphatic heterocycles. The van der Waals surface area contributed by atoms with Crippen molar-refractivity contribution in [3.8, 4) is 11.5 Å². The van der Waals surface area contributed by atoms with E-state index in [2.05, 4.69) is 4.98 Å². The van der Waals surface area contributed by atoms with Gasteiger partial charge in [-0.25, -0.2) is 0 Å². The molecule has 1 unspecified atom stereocenters. The topological polar surface area (TPSA) is 120 Å². The zero-order valence-electron chi connectivity index (χ0n) is 15.3. The molecule has 5 rings (SSSR count). The number of fused-ring (bicyclic) bond motifs is 3. The van der Waals surface area contributed by atoms with E-state index in [0.29, 0.717) is 42.3 Å². The number of hydrogen-bond donors (Lipinski definition) is 0. The van der Waals surface area contributed by atoms with E-state index in [0.717, 1.165) is 12.8 Å². The Kier molecular flexibility index (Phi) is 3.89. The van der Waals surface area contributed by atoms with Crippen LogP contribution in [0.15, 0.2) is 24.7 Å². The molecule has 2 amide bonds. The molecule has 29 heavy (non-hydrogen) atoms. The second-order valence-electron chi connectivity index (χ2n) is 7.13. The maximum absolute atomic E-state index is 12.9. The van der Waals surface area contributed by atoms with Crippen molar-refractivity contribution in [2.75, 3.05) is 19.8 Å². The summed E-state index contributed by atoms with van der Waals surface area (Å²) in [5, 5.41) is 10.7. The number of aromatic nitrogens is 2. The molecule has 2 aromatic rings. The van der Waals surface area contributed by atoms with Crippen LogP contribution in [0.1, 0.15) is 33.6 Å². The molecule has 11 nitrogen and oxygen atoms in total. The van der Waals surface area contributed by atoms with E-state index in [1.807, 2.05) is 0 Å². The summed E-state index contributed by atoms with van der Waals surface area (Å²) in [6, 6.07) is 3.16. The monoisotopic (exact) mass is 399 g/mol. The van der Waals surface area contributed by atoms with Gasteiger partial charge in [-0.05, 0) is 28.5 Å². The first-order valence-electron chi connectivity index (χ1n) is 9.25. The number of benzene rings is 1. The van der Waals surface area contributed by atoms with Gasteiger partial charge in [0, 0.05) is 26.1 Å². The van der Waals surface area contributed by atoms with E-state index in [4.69, 9.17) is 9.47 Å². The highest BCUT2D eigenvalue weighted by Crippen LogP contribution is 2.38. The number of ether oxygens (including phenoxy) is 2. The third kappa shape index (κ3) is 2.85. The standard InChI is InChI=1S/C18H17N5O6/c24-17-11-7-14-12(18(25)22-3-1-2-16(22)29-14)6-13(11)28-10-21(17)5-4-20-8-15(19-9-20)23(26)27/h6-9,16H,1-5,10H2. The summed E-state index contributed by atoms with van der Waals surface area (Å²) in [4.78, 5) is 42.6. The number of nitrogens with zero attached hydrogens (tertiary/aromatic N) is 5. The molecule has 4 heterocycles. The fraction of sp³-hybridized carbons (Fsp3) is 0.389. The molecular weight excluding hydrogens is 382 g/mol. The van der Waals surface area contributed by atoms with E-state index in [9.17, 15) is 19.7 Å². The van der Waals surface area contributed by atoms with Crippen LogP contribution < -0.4 is 9.47 Å². The van der Waals surface area contributed by atoms with Crippen molar-refractivity contribution in [1.82, 2.24) is 19.4 Å². The molecule has 1 atom stereocenters. The molecular formula is C18H17N5O6. The SMILES string of the molecule is O=C1c2cc3c(cc2OCN1CCn1cnc([N+](=O)[O-])c1)C(=O)N1CCCC1O3. The fourth-order valence-corrected chi connectivity index (χ4v) is 3.85. The number of rotatable bonds is 4. The second-order valence-corrected chi connectivity index (χ2v) is 7.13. The highest BCUT2D eigenvalue weighted by atomic mass is 16.6. The Bertz CT molecular complexity index is 1030. The van der Waals surface area contributed by atoms with Crippen molar-refractivity contribution in [1.29, 1.82) is 0 Å². The van der Waals surface area contributed by atoms with Crippen LogP contribution in [0.2, 0.25) is 0 Å². The van der Waals surface area contributed by atoms with Crippen molar-refractivity contribution in [3.05, 3.63) is 45.9 Å². The summed E-state index contributed by atoms with van der Waals surface area (Å²) in [5.41, 5.74) is 0.750. The number of carbonyl (C=O) groups excluding carboxylic acids is 2. The number of imidazole rings is 1. The summed E-state index contributed by atoms with van der Waals surface area (Å²) < 4.78 is 13.2. The van der Waals surface area contributed by atoms with Gasteiger partial charge in [0.1, 0.15) is 17.7 Å². The molecule has 1 aromatic carbocycles. The summed E-state index contributed by atoms with van der Waals surface area (Å²) >= 11 is 0. The lowest BCUT2D eigenvalue weighted by molar-refractivity contribution is -0.389. The second kappa shape index (κ2) is 6.47. The quantitative estimate of drug-likeness (QED) is 0.560. The van der Waals surface area contributed by atoms with Crippen LogP contribution in [-0.2, 0) is 6.54 Å². The number of carbonyl (C=O) groups is 2. The Morgan fingerprint density at radius 2 is 1.97 bits per heavy atom. The predicted molar refractivity (Wildman–Crippen MR) is 96.5 cm³/mol. The van der Waals surface area contributed by atoms with Gasteiger partial charge in [-0.3, -0.25) is 9.59 Å². The Hall–Kier alpha value is -3.63. The molecule has 0 saturated carbocycles. The molecule has 1 saturated heterocycles. The van der Waals surface area contributed by atoms with E-state index in [1.165, 1.54) is 17.4 Å². The van der Waals surface area contributed by atoms with Crippen LogP contribution in [-0.4, -0.2) is 62.1 Å². The lowest BCUT2D eigenvalue weighted by Crippen LogP contribution is -2.44. The minimum Gasteiger partial charge on any atom is -0.472 e. The zero-order valence-corrected chi connectivity index (χ0v) is 15.3. The Balaban J connectivity index is 1.35. The summed E-state index contributed by atoms with van der Waals surface area (Å²) in [5.74, 6) is 0.176. The number of amides is 2. The average molecular weight is 399 g/mol. The van der Waals surface area contributed by atoms with E-state index >= 15 is 0 Å². The predicted octanol–water partition coefficient (Wildman–Crippen LogP) is 1.24. The minimum absolute atomic E-state index is 0.0306. The van der Waals surface area contributed by atoms with E-state index in [1.54, 1.807) is 21.6 Å². The normalized spacial score (nSPS) is 19.9. The van der Waals surface area contributed by atoms with Gasteiger partial charge in [-0.15, -0.1) is 0 Å². The van der Waals surface area contributed by atoms with Crippen LogP contribution in [0.5, 0.6) is 11.5 Å². The van der Waals surface area contributed by atoms with Crippen molar-refractivity contribution >= 4 is 17.6 Å². The van der Waals surface area contributed by atoms with Crippen molar-refractivity contribution < 1.29 is 24.0 Å². The molecule has 0 aliphatic carbocycles. The molecule has 3 aliphatic rings. The molecule has 0 spiro atoms. The molecule has 11 heteroatoms. The van der Waals surface area contributed by atoms with Gasteiger partial charge in [0.2, 0.25) is 6.33 Å². The lowest BCUT2D eigenvalue weighted by atomic mass is 10.0. The summed E-state index contributed by atoms with van der Waals surface area (Å²) in [6.07, 6.45) is 4.05. The highest BCUT2D eigenvalue weighted by molar-refractivity contribution is 6.03. The lowest BCUT2D eigenvalue weighted by Gasteiger charge is -2.34. The van der Waals surface area contributed by atoms with Gasteiger partial charge in [0.15, 0.2) is 13.0 Å². The average Bonchev–Trinajstić information content (AvgIpc) is 3.36. The van der Waals surface area contributed by atoms with Gasteiger partial charge in [-0.1, -0.05) is 0 Å². The first-order chi connectivity index (χ1) is 14.0. The summed E-state index contributed by atoms with van der Waals surface area (Å²) in [7, 11) is 0. The number of nitro groups is 1. The third-order valence-electron chi connectivity index (χ3n) is 5.36. The largest absolute Gasteiger partial charge is 0.472 e. The smallest absolute Gasteiger partial charge is 0.381 e. The molecule has 0 N–H and O–H groups in total. The number of hydrogen-bond acceptors (Lipinski definition) is 7.